The molecular formula is C25H29N5O10S. The van der Waals surface area contributed by atoms with Crippen molar-refractivity contribution in [2.75, 3.05) is 24.3 Å². The first kappa shape index (κ1) is 30.0. The zero-order valence-electron chi connectivity index (χ0n) is 22.3. The fraction of sp³-hybridized carbons (Fsp3) is 0.480. The van der Waals surface area contributed by atoms with Crippen LogP contribution in [0, 0.1) is 6.92 Å². The Morgan fingerprint density at radius 2 is 1.83 bits per heavy atom. The lowest BCUT2D eigenvalue weighted by atomic mass is 10.2. The first-order valence-corrected chi connectivity index (χ1v) is 13.7. The van der Waals surface area contributed by atoms with Gasteiger partial charge in [-0.25, -0.2) is 9.59 Å². The average molecular weight is 592 g/mol. The third kappa shape index (κ3) is 8.25. The zero-order valence-corrected chi connectivity index (χ0v) is 23.1. The molecule has 0 spiro atoms. The van der Waals surface area contributed by atoms with Gasteiger partial charge in [-0.15, -0.1) is 11.8 Å². The van der Waals surface area contributed by atoms with E-state index < -0.39 is 52.9 Å². The molecule has 220 valence electrons. The summed E-state index contributed by atoms with van der Waals surface area (Å²) < 4.78 is 24.4. The van der Waals surface area contributed by atoms with Crippen molar-refractivity contribution in [3.8, 4) is 0 Å². The number of ether oxygens (including phenoxy) is 4. The molecule has 0 unspecified atom stereocenters. The standard InChI is InChI=1S/C25H29N5O10S/c1-14-10-30(25(36)28-23(14)34)18-7-6-16(39-18)11-37-20(32)4-3-5-21(33)38-12-22-40-19(13-41-22)29-9-8-17(26-15(2)31)27-24(29)35/h6-10,16,18-19,22H,3-5,11-13H2,1-2H3,(H,28,34,36)(H,26,27,31,35)/t16-,18+,19-,22+/m0/s1. The summed E-state index contributed by atoms with van der Waals surface area (Å²) in [5.41, 5.74) is -1.79. The quantitative estimate of drug-likeness (QED) is 0.270. The van der Waals surface area contributed by atoms with E-state index in [1.807, 2.05) is 0 Å². The summed E-state index contributed by atoms with van der Waals surface area (Å²) in [6, 6.07) is 1.49. The van der Waals surface area contributed by atoms with Gasteiger partial charge in [0.1, 0.15) is 36.8 Å². The monoisotopic (exact) mass is 591 g/mol. The Kier molecular flexibility index (Phi) is 9.91. The van der Waals surface area contributed by atoms with Gasteiger partial charge < -0.3 is 24.3 Å². The highest BCUT2D eigenvalue weighted by atomic mass is 32.2. The van der Waals surface area contributed by atoms with Gasteiger partial charge in [-0.05, 0) is 25.5 Å². The molecule has 4 heterocycles. The third-order valence-corrected chi connectivity index (χ3v) is 7.05. The fourth-order valence-corrected chi connectivity index (χ4v) is 4.92. The van der Waals surface area contributed by atoms with E-state index in [1.165, 1.54) is 46.3 Å². The van der Waals surface area contributed by atoms with Crippen molar-refractivity contribution < 1.29 is 33.3 Å². The maximum atomic E-state index is 12.2. The predicted molar refractivity (Wildman–Crippen MR) is 144 cm³/mol. The second kappa shape index (κ2) is 13.6. The van der Waals surface area contributed by atoms with Crippen LogP contribution in [0.2, 0.25) is 0 Å². The molecule has 4 atom stereocenters. The number of nitrogens with one attached hydrogen (secondary N) is 2. The zero-order chi connectivity index (χ0) is 29.5. The van der Waals surface area contributed by atoms with E-state index in [4.69, 9.17) is 18.9 Å². The van der Waals surface area contributed by atoms with Crippen molar-refractivity contribution in [1.82, 2.24) is 19.1 Å². The maximum absolute atomic E-state index is 12.2. The number of anilines is 1. The lowest BCUT2D eigenvalue weighted by Crippen LogP contribution is -2.33. The molecule has 0 aliphatic carbocycles. The summed E-state index contributed by atoms with van der Waals surface area (Å²) in [5.74, 6) is -0.777. The van der Waals surface area contributed by atoms with E-state index >= 15 is 0 Å². The molecule has 2 aromatic heterocycles. The second-order valence-electron chi connectivity index (χ2n) is 9.19. The fourth-order valence-electron chi connectivity index (χ4n) is 3.93. The Hall–Kier alpha value is -4.02. The maximum Gasteiger partial charge on any atom is 0.351 e. The molecule has 2 aliphatic heterocycles. The minimum Gasteiger partial charge on any atom is -0.463 e. The number of aryl methyl sites for hydroxylation is 1. The second-order valence-corrected chi connectivity index (χ2v) is 10.4. The van der Waals surface area contributed by atoms with Crippen LogP contribution >= 0.6 is 11.8 Å². The number of esters is 2. The summed E-state index contributed by atoms with van der Waals surface area (Å²) in [6.07, 6.45) is 4.47. The van der Waals surface area contributed by atoms with Crippen LogP contribution in [0.3, 0.4) is 0 Å². The van der Waals surface area contributed by atoms with Crippen molar-refractivity contribution in [3.05, 3.63) is 67.5 Å². The molecule has 15 nitrogen and oxygen atoms in total. The molecule has 2 aromatic rings. The molecule has 0 saturated carbocycles. The van der Waals surface area contributed by atoms with Crippen LogP contribution in [0.5, 0.6) is 0 Å². The number of carbonyl (C=O) groups is 3. The van der Waals surface area contributed by atoms with Crippen molar-refractivity contribution in [1.29, 1.82) is 0 Å². The Bertz CT molecular complexity index is 1500. The van der Waals surface area contributed by atoms with Crippen LogP contribution in [0.4, 0.5) is 5.82 Å². The van der Waals surface area contributed by atoms with Crippen molar-refractivity contribution in [2.45, 2.75) is 57.1 Å². The van der Waals surface area contributed by atoms with Gasteiger partial charge in [-0.2, -0.15) is 4.98 Å². The summed E-state index contributed by atoms with van der Waals surface area (Å²) >= 11 is 1.38. The highest BCUT2D eigenvalue weighted by Crippen LogP contribution is 2.31. The van der Waals surface area contributed by atoms with E-state index in [2.05, 4.69) is 15.3 Å². The van der Waals surface area contributed by atoms with Crippen molar-refractivity contribution in [3.63, 3.8) is 0 Å². The molecule has 4 rings (SSSR count). The van der Waals surface area contributed by atoms with Crippen LogP contribution < -0.4 is 22.3 Å². The molecule has 0 aromatic carbocycles. The minimum atomic E-state index is -0.734. The number of amides is 1. The van der Waals surface area contributed by atoms with Gasteiger partial charge in [0.25, 0.3) is 5.56 Å². The SMILES string of the molecule is CC(=O)Nc1ccn([C@@H]2CS[C@H](COC(=O)CCCC(=O)OC[C@@H]3C=C[C@H](n4cc(C)c(=O)[nH]c4=O)O3)O2)c(=O)n1. The molecule has 1 fully saturated rings. The predicted octanol–water partition coefficient (Wildman–Crippen LogP) is 0.359. The lowest BCUT2D eigenvalue weighted by Gasteiger charge is -2.16. The van der Waals surface area contributed by atoms with Gasteiger partial charge >= 0.3 is 23.3 Å². The number of aromatic nitrogens is 4. The van der Waals surface area contributed by atoms with E-state index in [0.717, 1.165) is 0 Å². The highest BCUT2D eigenvalue weighted by Gasteiger charge is 2.29. The summed E-state index contributed by atoms with van der Waals surface area (Å²) in [6.45, 7) is 2.78. The molecule has 41 heavy (non-hydrogen) atoms. The summed E-state index contributed by atoms with van der Waals surface area (Å²) in [4.78, 5) is 77.1. The topological polar surface area (TPSA) is 190 Å². The Balaban J connectivity index is 1.10. The molecule has 0 radical (unpaired) electrons. The van der Waals surface area contributed by atoms with Gasteiger partial charge in [0.2, 0.25) is 5.91 Å². The van der Waals surface area contributed by atoms with E-state index in [1.54, 1.807) is 19.1 Å². The first-order valence-electron chi connectivity index (χ1n) is 12.7. The number of thioether (sulfide) groups is 1. The molecule has 16 heteroatoms. The highest BCUT2D eigenvalue weighted by molar-refractivity contribution is 8.00. The largest absolute Gasteiger partial charge is 0.463 e. The number of hydrogen-bond acceptors (Lipinski definition) is 12. The number of carbonyl (C=O) groups excluding carboxylic acids is 3. The van der Waals surface area contributed by atoms with E-state index in [-0.39, 0.29) is 44.2 Å². The van der Waals surface area contributed by atoms with E-state index in [9.17, 15) is 28.8 Å². The minimum absolute atomic E-state index is 0.000285. The summed E-state index contributed by atoms with van der Waals surface area (Å²) in [7, 11) is 0. The van der Waals surface area contributed by atoms with Gasteiger partial charge in [0.05, 0.1) is 0 Å². The van der Waals surface area contributed by atoms with Crippen molar-refractivity contribution >= 4 is 35.4 Å². The first-order chi connectivity index (χ1) is 19.6. The Morgan fingerprint density at radius 3 is 2.54 bits per heavy atom. The smallest absolute Gasteiger partial charge is 0.351 e. The van der Waals surface area contributed by atoms with Crippen LogP contribution in [0.25, 0.3) is 0 Å². The number of rotatable bonds is 11. The third-order valence-electron chi connectivity index (χ3n) is 5.95. The Labute approximate surface area is 236 Å². The van der Waals surface area contributed by atoms with E-state index in [0.29, 0.717) is 11.3 Å². The van der Waals surface area contributed by atoms with Crippen LogP contribution in [0.1, 0.15) is 44.2 Å². The molecular weight excluding hydrogens is 562 g/mol. The van der Waals surface area contributed by atoms with Crippen LogP contribution in [-0.2, 0) is 33.3 Å². The molecule has 2 N–H and O–H groups in total. The summed E-state index contributed by atoms with van der Waals surface area (Å²) in [5, 5.41) is 2.44. The number of aromatic amines is 1. The van der Waals surface area contributed by atoms with Gasteiger partial charge in [-0.3, -0.25) is 33.3 Å². The van der Waals surface area contributed by atoms with Crippen molar-refractivity contribution in [2.24, 2.45) is 0 Å². The molecule has 1 saturated heterocycles. The molecule has 2 aliphatic rings. The number of hydrogen-bond donors (Lipinski definition) is 2. The van der Waals surface area contributed by atoms with Gasteiger partial charge in [0, 0.05) is 43.5 Å². The number of nitrogens with zero attached hydrogens (tertiary/aromatic N) is 3. The number of H-pyrrole nitrogens is 1. The molecule has 1 amide bonds. The van der Waals surface area contributed by atoms with Gasteiger partial charge in [-0.1, -0.05) is 6.08 Å². The average Bonchev–Trinajstić information content (AvgIpc) is 3.58. The van der Waals surface area contributed by atoms with Crippen LogP contribution in [0.15, 0.2) is 45.0 Å². The lowest BCUT2D eigenvalue weighted by molar-refractivity contribution is -0.149. The van der Waals surface area contributed by atoms with Gasteiger partial charge in [0.15, 0.2) is 6.23 Å². The normalized spacial score (nSPS) is 21.5. The molecule has 0 bridgehead atoms. The van der Waals surface area contributed by atoms with Crippen LogP contribution in [-0.4, -0.2) is 67.5 Å². The Morgan fingerprint density at radius 1 is 1.10 bits per heavy atom.